The van der Waals surface area contributed by atoms with Crippen molar-refractivity contribution in [3.63, 3.8) is 0 Å². The summed E-state index contributed by atoms with van der Waals surface area (Å²) in [5, 5.41) is 9.27. The Kier molecular flexibility index (Phi) is 11.8. The standard InChI is InChI=1S/C45H44ClF2N5O4/c1-28-32(10-7-11-42(28)56-4)25-52(34-14-12-30(24-49)13-15-34)44(54)36-23-41(50(3)29(36)2)37-21-39(43(47)48)40(46)22-38(37)45(55)53-26-33-9-6-5-8-31(33)20-35(53)27-51-16-18-57-19-17-51/h5-15,21-23,35,43H,16-20,25-27H2,1-4H3/t35-/m0/s1. The second-order valence-electron chi connectivity index (χ2n) is 14.6. The maximum absolute atomic E-state index is 15.0. The molecule has 9 nitrogen and oxygen atoms in total. The van der Waals surface area contributed by atoms with Crippen molar-refractivity contribution >= 4 is 29.1 Å². The van der Waals surface area contributed by atoms with Gasteiger partial charge in [0.15, 0.2) is 0 Å². The molecular formula is C45H44ClF2N5O4. The summed E-state index contributed by atoms with van der Waals surface area (Å²) in [6.07, 6.45) is -2.27. The monoisotopic (exact) mass is 791 g/mol. The highest BCUT2D eigenvalue weighted by Crippen LogP contribution is 2.39. The Morgan fingerprint density at radius 1 is 0.982 bits per heavy atom. The molecule has 2 aliphatic rings. The van der Waals surface area contributed by atoms with Crippen molar-refractivity contribution in [3.8, 4) is 23.1 Å². The predicted molar refractivity (Wildman–Crippen MR) is 216 cm³/mol. The van der Waals surface area contributed by atoms with Gasteiger partial charge >= 0.3 is 0 Å². The number of morpholine rings is 1. The van der Waals surface area contributed by atoms with Gasteiger partial charge in [0, 0.05) is 67.5 Å². The van der Waals surface area contributed by atoms with E-state index in [0.717, 1.165) is 29.8 Å². The lowest BCUT2D eigenvalue weighted by atomic mass is 9.91. The number of carbonyl (C=O) groups is 2. The first-order valence-electron chi connectivity index (χ1n) is 18.9. The maximum Gasteiger partial charge on any atom is 0.265 e. The fourth-order valence-corrected chi connectivity index (χ4v) is 8.16. The van der Waals surface area contributed by atoms with Gasteiger partial charge in [-0.05, 0) is 91.1 Å². The molecule has 2 amide bonds. The first kappa shape index (κ1) is 39.7. The van der Waals surface area contributed by atoms with Crippen LogP contribution in [-0.2, 0) is 31.3 Å². The quantitative estimate of drug-likeness (QED) is 0.141. The number of benzene rings is 4. The Balaban J connectivity index is 1.32. The van der Waals surface area contributed by atoms with Gasteiger partial charge in [0.25, 0.3) is 18.2 Å². The largest absolute Gasteiger partial charge is 0.496 e. The minimum absolute atomic E-state index is 0.173. The van der Waals surface area contributed by atoms with Crippen LogP contribution in [0.5, 0.6) is 5.75 Å². The third-order valence-corrected chi connectivity index (χ3v) is 11.7. The zero-order valence-corrected chi connectivity index (χ0v) is 33.2. The molecule has 4 aromatic carbocycles. The van der Waals surface area contributed by atoms with Gasteiger partial charge in [-0.3, -0.25) is 14.5 Å². The second kappa shape index (κ2) is 16.9. The topological polar surface area (TPSA) is 91.0 Å². The lowest BCUT2D eigenvalue weighted by Crippen LogP contribution is -2.52. The molecule has 0 spiro atoms. The summed E-state index contributed by atoms with van der Waals surface area (Å²) in [4.78, 5) is 35.5. The van der Waals surface area contributed by atoms with E-state index in [1.165, 1.54) is 17.7 Å². The van der Waals surface area contributed by atoms with E-state index in [4.69, 9.17) is 21.1 Å². The van der Waals surface area contributed by atoms with Gasteiger partial charge in [0.05, 0.1) is 54.7 Å². The molecule has 1 fully saturated rings. The molecule has 1 aromatic heterocycles. The molecule has 0 bridgehead atoms. The van der Waals surface area contributed by atoms with Crippen molar-refractivity contribution < 1.29 is 27.8 Å². The highest BCUT2D eigenvalue weighted by molar-refractivity contribution is 6.32. The number of halogens is 3. The average molecular weight is 792 g/mol. The zero-order valence-electron chi connectivity index (χ0n) is 32.4. The third kappa shape index (κ3) is 8.03. The van der Waals surface area contributed by atoms with Crippen LogP contribution in [0.3, 0.4) is 0 Å². The van der Waals surface area contributed by atoms with Crippen LogP contribution < -0.4 is 9.64 Å². The van der Waals surface area contributed by atoms with Crippen molar-refractivity contribution in [2.24, 2.45) is 7.05 Å². The molecule has 0 radical (unpaired) electrons. The number of anilines is 1. The molecule has 0 aliphatic carbocycles. The first-order chi connectivity index (χ1) is 27.5. The van der Waals surface area contributed by atoms with Gasteiger partial charge in [-0.25, -0.2) is 8.78 Å². The number of hydrogen-bond acceptors (Lipinski definition) is 6. The number of carbonyl (C=O) groups excluding carboxylic acids is 2. The summed E-state index contributed by atoms with van der Waals surface area (Å²) < 4.78 is 42.0. The fraction of sp³-hybridized carbons (Fsp3) is 0.311. The highest BCUT2D eigenvalue weighted by atomic mass is 35.5. The predicted octanol–water partition coefficient (Wildman–Crippen LogP) is 8.53. The van der Waals surface area contributed by atoms with E-state index >= 15 is 0 Å². The number of alkyl halides is 2. The number of hydrogen-bond donors (Lipinski definition) is 0. The van der Waals surface area contributed by atoms with E-state index in [2.05, 4.69) is 17.0 Å². The van der Waals surface area contributed by atoms with Crippen molar-refractivity contribution in [2.45, 2.75) is 45.8 Å². The first-order valence-corrected chi connectivity index (χ1v) is 19.3. The van der Waals surface area contributed by atoms with E-state index in [0.29, 0.717) is 66.7 Å². The smallest absolute Gasteiger partial charge is 0.265 e. The van der Waals surface area contributed by atoms with Crippen molar-refractivity contribution in [1.82, 2.24) is 14.4 Å². The molecule has 0 unspecified atom stereocenters. The Labute approximate surface area is 336 Å². The molecule has 0 saturated carbocycles. The summed E-state index contributed by atoms with van der Waals surface area (Å²) in [5.41, 5.74) is 6.24. The lowest BCUT2D eigenvalue weighted by Gasteiger charge is -2.40. The van der Waals surface area contributed by atoms with E-state index < -0.39 is 12.0 Å². The summed E-state index contributed by atoms with van der Waals surface area (Å²) in [6.45, 7) is 7.58. The van der Waals surface area contributed by atoms with E-state index in [-0.39, 0.29) is 40.6 Å². The van der Waals surface area contributed by atoms with Crippen molar-refractivity contribution in [1.29, 1.82) is 5.26 Å². The van der Waals surface area contributed by atoms with Gasteiger partial charge < -0.3 is 23.8 Å². The molecule has 2 aliphatic heterocycles. The summed E-state index contributed by atoms with van der Waals surface area (Å²) in [7, 11) is 3.34. The number of aromatic nitrogens is 1. The second-order valence-corrected chi connectivity index (χ2v) is 15.0. The molecule has 3 heterocycles. The van der Waals surface area contributed by atoms with Crippen LogP contribution in [0, 0.1) is 25.2 Å². The third-order valence-electron chi connectivity index (χ3n) is 11.3. The van der Waals surface area contributed by atoms with Crippen LogP contribution in [0.25, 0.3) is 11.3 Å². The van der Waals surface area contributed by atoms with Crippen LogP contribution >= 0.6 is 11.6 Å². The molecule has 5 aromatic rings. The fourth-order valence-electron chi connectivity index (χ4n) is 7.91. The van der Waals surface area contributed by atoms with Gasteiger partial charge in [-0.1, -0.05) is 48.0 Å². The van der Waals surface area contributed by atoms with Gasteiger partial charge in [0.2, 0.25) is 0 Å². The lowest BCUT2D eigenvalue weighted by molar-refractivity contribution is 0.0193. The maximum atomic E-state index is 15.0. The summed E-state index contributed by atoms with van der Waals surface area (Å²) in [6, 6.07) is 26.7. The van der Waals surface area contributed by atoms with Crippen LogP contribution in [0.4, 0.5) is 14.5 Å². The number of rotatable bonds is 10. The number of nitrogens with zero attached hydrogens (tertiary/aromatic N) is 5. The number of ether oxygens (including phenoxy) is 2. The van der Waals surface area contributed by atoms with Gasteiger partial charge in [0.1, 0.15) is 5.75 Å². The zero-order chi connectivity index (χ0) is 40.4. The van der Waals surface area contributed by atoms with E-state index in [9.17, 15) is 23.6 Å². The van der Waals surface area contributed by atoms with E-state index in [1.54, 1.807) is 60.9 Å². The molecule has 57 heavy (non-hydrogen) atoms. The molecule has 1 saturated heterocycles. The minimum Gasteiger partial charge on any atom is -0.496 e. The number of nitriles is 1. The Morgan fingerprint density at radius 2 is 1.70 bits per heavy atom. The van der Waals surface area contributed by atoms with Gasteiger partial charge in [-0.2, -0.15) is 5.26 Å². The van der Waals surface area contributed by atoms with Crippen LogP contribution in [-0.4, -0.2) is 72.2 Å². The molecule has 7 rings (SSSR count). The molecular weight excluding hydrogens is 748 g/mol. The normalized spacial score (nSPS) is 15.6. The Bertz CT molecular complexity index is 2350. The minimum atomic E-state index is -2.91. The summed E-state index contributed by atoms with van der Waals surface area (Å²) >= 11 is 6.54. The van der Waals surface area contributed by atoms with Gasteiger partial charge in [-0.15, -0.1) is 0 Å². The average Bonchev–Trinajstić information content (AvgIpc) is 3.52. The molecule has 1 atom stereocenters. The Hall–Kier alpha value is -5.54. The Morgan fingerprint density at radius 3 is 2.39 bits per heavy atom. The van der Waals surface area contributed by atoms with Crippen molar-refractivity contribution in [3.05, 3.63) is 140 Å². The molecule has 12 heteroatoms. The van der Waals surface area contributed by atoms with Crippen molar-refractivity contribution in [2.75, 3.05) is 44.9 Å². The summed E-state index contributed by atoms with van der Waals surface area (Å²) in [5.74, 6) is -0.00705. The van der Waals surface area contributed by atoms with E-state index in [1.807, 2.05) is 48.2 Å². The van der Waals surface area contributed by atoms with Crippen LogP contribution in [0.1, 0.15) is 66.2 Å². The molecule has 0 N–H and O–H groups in total. The van der Waals surface area contributed by atoms with Crippen LogP contribution in [0.15, 0.2) is 84.9 Å². The number of amides is 2. The highest BCUT2D eigenvalue weighted by Gasteiger charge is 2.35. The number of methoxy groups -OCH3 is 1. The molecule has 294 valence electrons. The SMILES string of the molecule is COc1cccc(CN(C(=O)c2cc(-c3cc(C(F)F)c(Cl)cc3C(=O)N3Cc4ccccc4C[C@H]3CN3CCOCC3)n(C)c2C)c2ccc(C#N)cc2)c1C. The number of fused-ring (bicyclic) bond motifs is 1. The van der Waals surface area contributed by atoms with Crippen LogP contribution in [0.2, 0.25) is 5.02 Å².